The lowest BCUT2D eigenvalue weighted by atomic mass is 10.1. The first-order valence-electron chi connectivity index (χ1n) is 8.12. The first-order chi connectivity index (χ1) is 13.3. The van der Waals surface area contributed by atoms with E-state index in [2.05, 4.69) is 15.9 Å². The number of ether oxygens (including phenoxy) is 2. The van der Waals surface area contributed by atoms with Crippen LogP contribution in [0.2, 0.25) is 0 Å². The molecule has 0 N–H and O–H groups in total. The van der Waals surface area contributed by atoms with Crippen molar-refractivity contribution in [2.24, 2.45) is 0 Å². The Balaban J connectivity index is 1.88. The number of hydrogen-bond acceptors (Lipinski definition) is 6. The lowest BCUT2D eigenvalue weighted by Crippen LogP contribution is -2.27. The monoisotopic (exact) mass is 448 g/mol. The zero-order chi connectivity index (χ0) is 20.4. The van der Waals surface area contributed by atoms with Crippen LogP contribution < -0.4 is 10.4 Å². The van der Waals surface area contributed by atoms with Crippen LogP contribution in [0, 0.1) is 5.82 Å². The Hall–Kier alpha value is -3.00. The summed E-state index contributed by atoms with van der Waals surface area (Å²) in [6, 6.07) is 9.41. The van der Waals surface area contributed by atoms with Crippen LogP contribution in [-0.4, -0.2) is 25.0 Å². The summed E-state index contributed by atoms with van der Waals surface area (Å²) in [5.41, 5.74) is -0.908. The van der Waals surface area contributed by atoms with Crippen LogP contribution in [0.15, 0.2) is 56.1 Å². The minimum atomic E-state index is -1.18. The molecule has 1 atom stereocenters. The van der Waals surface area contributed by atoms with E-state index in [4.69, 9.17) is 13.9 Å². The third kappa shape index (κ3) is 3.96. The Kier molecular flexibility index (Phi) is 5.60. The summed E-state index contributed by atoms with van der Waals surface area (Å²) >= 11 is 3.31. The zero-order valence-electron chi connectivity index (χ0n) is 14.8. The van der Waals surface area contributed by atoms with E-state index in [-0.39, 0.29) is 16.7 Å². The molecule has 0 fully saturated rings. The highest BCUT2D eigenvalue weighted by Crippen LogP contribution is 2.29. The Bertz CT molecular complexity index is 1120. The predicted molar refractivity (Wildman–Crippen MR) is 102 cm³/mol. The van der Waals surface area contributed by atoms with Gasteiger partial charge in [-0.3, -0.25) is 4.79 Å². The van der Waals surface area contributed by atoms with E-state index in [1.54, 1.807) is 12.1 Å². The number of rotatable bonds is 5. The van der Waals surface area contributed by atoms with Crippen molar-refractivity contribution in [3.63, 3.8) is 0 Å². The number of carbonyl (C=O) groups excluding carboxylic acids is 2. The standard InChI is InChI=1S/C20H14BrFO6/c1-10(17(23)11-3-5-14(22)6-4-11)27-19(24)15-8-12-7-13(21)9-16(26-2)18(12)28-20(15)25/h3-10H,1-2H3/t10-/m1/s1. The number of benzene rings is 2. The molecule has 0 aliphatic heterocycles. The molecule has 0 spiro atoms. The number of halogens is 2. The average molecular weight is 449 g/mol. The number of Topliss-reactive ketones (excluding diaryl/α,β-unsaturated/α-hetero) is 1. The van der Waals surface area contributed by atoms with Crippen molar-refractivity contribution in [3.8, 4) is 5.75 Å². The summed E-state index contributed by atoms with van der Waals surface area (Å²) in [6.45, 7) is 1.37. The molecule has 0 bridgehead atoms. The summed E-state index contributed by atoms with van der Waals surface area (Å²) in [6.07, 6.45) is -1.18. The minimum absolute atomic E-state index is 0.181. The van der Waals surface area contributed by atoms with Crippen LogP contribution >= 0.6 is 15.9 Å². The summed E-state index contributed by atoms with van der Waals surface area (Å²) in [7, 11) is 1.42. The molecule has 0 saturated carbocycles. The van der Waals surface area contributed by atoms with Gasteiger partial charge in [0.1, 0.15) is 11.4 Å². The fourth-order valence-electron chi connectivity index (χ4n) is 2.59. The molecule has 8 heteroatoms. The van der Waals surface area contributed by atoms with Gasteiger partial charge in [0.25, 0.3) is 0 Å². The smallest absolute Gasteiger partial charge is 0.351 e. The van der Waals surface area contributed by atoms with E-state index in [9.17, 15) is 18.8 Å². The van der Waals surface area contributed by atoms with Gasteiger partial charge in [-0.15, -0.1) is 0 Å². The van der Waals surface area contributed by atoms with Crippen molar-refractivity contribution >= 4 is 38.7 Å². The molecule has 6 nitrogen and oxygen atoms in total. The summed E-state index contributed by atoms with van der Waals surface area (Å²) in [4.78, 5) is 37.0. The highest BCUT2D eigenvalue weighted by molar-refractivity contribution is 9.10. The van der Waals surface area contributed by atoms with E-state index >= 15 is 0 Å². The van der Waals surface area contributed by atoms with E-state index in [1.807, 2.05) is 0 Å². The minimum Gasteiger partial charge on any atom is -0.493 e. The van der Waals surface area contributed by atoms with Crippen molar-refractivity contribution in [3.05, 3.63) is 74.3 Å². The van der Waals surface area contributed by atoms with Gasteiger partial charge in [0.05, 0.1) is 7.11 Å². The Morgan fingerprint density at radius 1 is 1.14 bits per heavy atom. The van der Waals surface area contributed by atoms with Gasteiger partial charge in [0.2, 0.25) is 5.78 Å². The predicted octanol–water partition coefficient (Wildman–Crippen LogP) is 4.13. The quantitative estimate of drug-likeness (QED) is 0.331. The summed E-state index contributed by atoms with van der Waals surface area (Å²) < 4.78 is 29.1. The lowest BCUT2D eigenvalue weighted by molar-refractivity contribution is 0.0315. The highest BCUT2D eigenvalue weighted by atomic mass is 79.9. The molecule has 144 valence electrons. The van der Waals surface area contributed by atoms with Gasteiger partial charge in [0, 0.05) is 15.4 Å². The maximum atomic E-state index is 13.0. The Morgan fingerprint density at radius 3 is 2.46 bits per heavy atom. The van der Waals surface area contributed by atoms with Gasteiger partial charge in [-0.25, -0.2) is 14.0 Å². The molecule has 3 aromatic rings. The third-order valence-corrected chi connectivity index (χ3v) is 4.44. The van der Waals surface area contributed by atoms with Gasteiger partial charge >= 0.3 is 11.6 Å². The number of hydrogen-bond donors (Lipinski definition) is 0. The van der Waals surface area contributed by atoms with Crippen LogP contribution in [0.5, 0.6) is 5.75 Å². The number of ketones is 1. The van der Waals surface area contributed by atoms with Crippen molar-refractivity contribution in [2.75, 3.05) is 7.11 Å². The largest absolute Gasteiger partial charge is 0.493 e. The van der Waals surface area contributed by atoms with Crippen molar-refractivity contribution < 1.29 is 27.9 Å². The molecule has 0 aliphatic carbocycles. The zero-order valence-corrected chi connectivity index (χ0v) is 16.4. The molecule has 0 radical (unpaired) electrons. The van der Waals surface area contributed by atoms with Gasteiger partial charge in [-0.05, 0) is 49.4 Å². The molecular formula is C20H14BrFO6. The van der Waals surface area contributed by atoms with E-state index in [0.717, 1.165) is 12.1 Å². The fourth-order valence-corrected chi connectivity index (χ4v) is 3.04. The topological polar surface area (TPSA) is 82.8 Å². The van der Waals surface area contributed by atoms with Gasteiger partial charge in [0.15, 0.2) is 17.4 Å². The molecule has 28 heavy (non-hydrogen) atoms. The number of carbonyl (C=O) groups is 2. The second-order valence-electron chi connectivity index (χ2n) is 5.89. The Morgan fingerprint density at radius 2 is 1.82 bits per heavy atom. The fraction of sp³-hybridized carbons (Fsp3) is 0.150. The number of esters is 1. The molecule has 3 rings (SSSR count). The molecule has 0 amide bonds. The normalized spacial score (nSPS) is 11.9. The van der Waals surface area contributed by atoms with Crippen LogP contribution in [0.3, 0.4) is 0 Å². The van der Waals surface area contributed by atoms with Crippen LogP contribution in [0.4, 0.5) is 4.39 Å². The Labute approximate surface area is 167 Å². The molecule has 0 saturated heterocycles. The van der Waals surface area contributed by atoms with E-state index in [0.29, 0.717) is 15.6 Å². The summed E-state index contributed by atoms with van der Waals surface area (Å²) in [5.74, 6) is -1.70. The van der Waals surface area contributed by atoms with Gasteiger partial charge in [-0.2, -0.15) is 0 Å². The lowest BCUT2D eigenvalue weighted by Gasteiger charge is -2.12. The van der Waals surface area contributed by atoms with Crippen molar-refractivity contribution in [1.82, 2.24) is 0 Å². The molecule has 0 unspecified atom stereocenters. The molecule has 1 heterocycles. The van der Waals surface area contributed by atoms with Crippen LogP contribution in [-0.2, 0) is 4.74 Å². The van der Waals surface area contributed by atoms with Gasteiger partial charge in [-0.1, -0.05) is 15.9 Å². The summed E-state index contributed by atoms with van der Waals surface area (Å²) in [5, 5.41) is 0.440. The second-order valence-corrected chi connectivity index (χ2v) is 6.81. The third-order valence-electron chi connectivity index (χ3n) is 3.98. The van der Waals surface area contributed by atoms with Crippen LogP contribution in [0.1, 0.15) is 27.6 Å². The molecule has 1 aromatic heterocycles. The van der Waals surface area contributed by atoms with Gasteiger partial charge < -0.3 is 13.9 Å². The number of methoxy groups -OCH3 is 1. The number of fused-ring (bicyclic) bond motifs is 1. The van der Waals surface area contributed by atoms with Crippen molar-refractivity contribution in [2.45, 2.75) is 13.0 Å². The second kappa shape index (κ2) is 7.93. The first-order valence-corrected chi connectivity index (χ1v) is 8.91. The van der Waals surface area contributed by atoms with Crippen molar-refractivity contribution in [1.29, 1.82) is 0 Å². The maximum absolute atomic E-state index is 13.0. The SMILES string of the molecule is COc1cc(Br)cc2cc(C(=O)O[C@H](C)C(=O)c3ccc(F)cc3)c(=O)oc12. The van der Waals surface area contributed by atoms with E-state index < -0.39 is 29.3 Å². The molecule has 0 aliphatic rings. The first kappa shape index (κ1) is 19.8. The average Bonchev–Trinajstić information content (AvgIpc) is 2.67. The maximum Gasteiger partial charge on any atom is 0.351 e. The van der Waals surface area contributed by atoms with Crippen LogP contribution in [0.25, 0.3) is 11.0 Å². The molecule has 2 aromatic carbocycles. The molecular weight excluding hydrogens is 435 g/mol. The van der Waals surface area contributed by atoms with E-state index in [1.165, 1.54) is 32.2 Å². The highest BCUT2D eigenvalue weighted by Gasteiger charge is 2.23.